The zero-order chi connectivity index (χ0) is 16.1. The number of likely N-dealkylation sites (tertiary alicyclic amines) is 1. The first-order valence-corrected chi connectivity index (χ1v) is 7.91. The summed E-state index contributed by atoms with van der Waals surface area (Å²) in [6, 6.07) is 6.13. The Morgan fingerprint density at radius 2 is 2.05 bits per heavy atom. The molecule has 1 saturated heterocycles. The van der Waals surface area contributed by atoms with Gasteiger partial charge >= 0.3 is 11.8 Å². The molecule has 5 nitrogen and oxygen atoms in total. The highest BCUT2D eigenvalue weighted by atomic mass is 16.2. The van der Waals surface area contributed by atoms with Gasteiger partial charge in [-0.1, -0.05) is 19.1 Å². The monoisotopic (exact) mass is 303 g/mol. The molecule has 5 heteroatoms. The molecule has 0 spiro atoms. The van der Waals surface area contributed by atoms with E-state index in [4.69, 9.17) is 0 Å². The number of rotatable bonds is 4. The second-order valence-electron chi connectivity index (χ2n) is 5.91. The number of anilines is 1. The van der Waals surface area contributed by atoms with Gasteiger partial charge in [0.1, 0.15) is 0 Å². The van der Waals surface area contributed by atoms with Crippen LogP contribution in [0.25, 0.3) is 0 Å². The Labute approximate surface area is 132 Å². The minimum Gasteiger partial charge on any atom is -0.346 e. The van der Waals surface area contributed by atoms with Crippen molar-refractivity contribution >= 4 is 17.5 Å². The van der Waals surface area contributed by atoms with Crippen LogP contribution >= 0.6 is 0 Å². The van der Waals surface area contributed by atoms with E-state index in [-0.39, 0.29) is 0 Å². The number of amides is 2. The third-order valence-electron chi connectivity index (χ3n) is 4.25. The van der Waals surface area contributed by atoms with E-state index in [1.165, 1.54) is 0 Å². The summed E-state index contributed by atoms with van der Waals surface area (Å²) >= 11 is 0. The predicted octanol–water partition coefficient (Wildman–Crippen LogP) is 1.84. The highest BCUT2D eigenvalue weighted by molar-refractivity contribution is 6.39. The van der Waals surface area contributed by atoms with Gasteiger partial charge in [-0.15, -0.1) is 0 Å². The van der Waals surface area contributed by atoms with Gasteiger partial charge in [0, 0.05) is 18.3 Å². The lowest BCUT2D eigenvalue weighted by Crippen LogP contribution is -2.43. The number of carbonyl (C=O) groups excluding carboxylic acids is 2. The van der Waals surface area contributed by atoms with Crippen LogP contribution in [0.15, 0.2) is 18.2 Å². The Balaban J connectivity index is 1.87. The molecule has 1 atom stereocenters. The van der Waals surface area contributed by atoms with Crippen molar-refractivity contribution in [1.29, 1.82) is 0 Å². The molecule has 0 bridgehead atoms. The predicted molar refractivity (Wildman–Crippen MR) is 87.8 cm³/mol. The first-order valence-electron chi connectivity index (χ1n) is 7.91. The Bertz CT molecular complexity index is 557. The average molecular weight is 303 g/mol. The summed E-state index contributed by atoms with van der Waals surface area (Å²) in [5.74, 6) is -1.17. The highest BCUT2D eigenvalue weighted by Crippen LogP contribution is 2.17. The Kier molecular flexibility index (Phi) is 5.55. The third kappa shape index (κ3) is 4.07. The molecule has 2 rings (SSSR count). The molecule has 1 aromatic carbocycles. The van der Waals surface area contributed by atoms with Crippen molar-refractivity contribution in [2.24, 2.45) is 0 Å². The molecule has 0 radical (unpaired) electrons. The van der Waals surface area contributed by atoms with E-state index in [2.05, 4.69) is 22.5 Å². The summed E-state index contributed by atoms with van der Waals surface area (Å²) in [6.45, 7) is 8.57. The van der Waals surface area contributed by atoms with Crippen molar-refractivity contribution < 1.29 is 9.59 Å². The lowest BCUT2D eigenvalue weighted by molar-refractivity contribution is -0.136. The molecule has 1 heterocycles. The maximum absolute atomic E-state index is 12.0. The lowest BCUT2D eigenvalue weighted by atomic mass is 10.1. The van der Waals surface area contributed by atoms with Crippen molar-refractivity contribution in [2.75, 3.05) is 25.0 Å². The van der Waals surface area contributed by atoms with Crippen LogP contribution in [-0.4, -0.2) is 42.4 Å². The van der Waals surface area contributed by atoms with E-state index in [0.29, 0.717) is 18.3 Å². The Hall–Kier alpha value is -1.88. The lowest BCUT2D eigenvalue weighted by Gasteiger charge is -2.22. The molecule has 0 unspecified atom stereocenters. The SMILES string of the molecule is CCN1CCC[C@@H]1CNC(=O)C(=O)Nc1cc(C)ccc1C. The number of aryl methyl sites for hydroxylation is 2. The van der Waals surface area contributed by atoms with Crippen LogP contribution in [0.1, 0.15) is 30.9 Å². The van der Waals surface area contributed by atoms with E-state index in [1.807, 2.05) is 32.0 Å². The Morgan fingerprint density at radius 3 is 2.77 bits per heavy atom. The standard InChI is InChI=1S/C17H25N3O2/c1-4-20-9-5-6-14(20)11-18-16(21)17(22)19-15-10-12(2)7-8-13(15)3/h7-8,10,14H,4-6,9,11H2,1-3H3,(H,18,21)(H,19,22)/t14-/m1/s1. The maximum Gasteiger partial charge on any atom is 0.313 e. The fraction of sp³-hybridized carbons (Fsp3) is 0.529. The molecule has 0 aliphatic carbocycles. The number of likely N-dealkylation sites (N-methyl/N-ethyl adjacent to an activating group) is 1. The first-order chi connectivity index (χ1) is 10.5. The Morgan fingerprint density at radius 1 is 1.27 bits per heavy atom. The van der Waals surface area contributed by atoms with Gasteiger partial charge in [0.15, 0.2) is 0 Å². The second-order valence-corrected chi connectivity index (χ2v) is 5.91. The summed E-state index contributed by atoms with van der Waals surface area (Å²) in [5, 5.41) is 5.44. The quantitative estimate of drug-likeness (QED) is 0.834. The van der Waals surface area contributed by atoms with Crippen LogP contribution in [0.3, 0.4) is 0 Å². The maximum atomic E-state index is 12.0. The highest BCUT2D eigenvalue weighted by Gasteiger charge is 2.24. The van der Waals surface area contributed by atoms with Gasteiger partial charge in [0.2, 0.25) is 0 Å². The number of carbonyl (C=O) groups is 2. The summed E-state index contributed by atoms with van der Waals surface area (Å²) in [5.41, 5.74) is 2.68. The van der Waals surface area contributed by atoms with E-state index in [9.17, 15) is 9.59 Å². The summed E-state index contributed by atoms with van der Waals surface area (Å²) in [7, 11) is 0. The van der Waals surface area contributed by atoms with Gasteiger partial charge in [-0.25, -0.2) is 0 Å². The van der Waals surface area contributed by atoms with Gasteiger partial charge in [0.25, 0.3) is 0 Å². The number of nitrogens with one attached hydrogen (secondary N) is 2. The third-order valence-corrected chi connectivity index (χ3v) is 4.25. The number of hydrogen-bond donors (Lipinski definition) is 2. The van der Waals surface area contributed by atoms with Crippen LogP contribution < -0.4 is 10.6 Å². The first kappa shape index (κ1) is 16.5. The molecule has 0 saturated carbocycles. The second kappa shape index (κ2) is 7.40. The molecule has 1 aliphatic heterocycles. The van der Waals surface area contributed by atoms with Crippen LogP contribution in [0.4, 0.5) is 5.69 Å². The molecule has 2 amide bonds. The van der Waals surface area contributed by atoms with Gasteiger partial charge < -0.3 is 10.6 Å². The fourth-order valence-corrected chi connectivity index (χ4v) is 2.88. The van der Waals surface area contributed by atoms with Crippen molar-refractivity contribution in [1.82, 2.24) is 10.2 Å². The van der Waals surface area contributed by atoms with Crippen molar-refractivity contribution in [3.63, 3.8) is 0 Å². The fourth-order valence-electron chi connectivity index (χ4n) is 2.88. The van der Waals surface area contributed by atoms with Crippen molar-refractivity contribution in [3.05, 3.63) is 29.3 Å². The van der Waals surface area contributed by atoms with E-state index >= 15 is 0 Å². The van der Waals surface area contributed by atoms with E-state index in [0.717, 1.165) is 37.1 Å². The summed E-state index contributed by atoms with van der Waals surface area (Å²) in [6.07, 6.45) is 2.23. The van der Waals surface area contributed by atoms with Gasteiger partial charge in [-0.05, 0) is 57.0 Å². The van der Waals surface area contributed by atoms with Gasteiger partial charge in [-0.2, -0.15) is 0 Å². The largest absolute Gasteiger partial charge is 0.346 e. The minimum absolute atomic E-state index is 0.349. The van der Waals surface area contributed by atoms with Crippen molar-refractivity contribution in [3.8, 4) is 0 Å². The topological polar surface area (TPSA) is 61.4 Å². The smallest absolute Gasteiger partial charge is 0.313 e. The zero-order valence-corrected chi connectivity index (χ0v) is 13.6. The number of benzene rings is 1. The van der Waals surface area contributed by atoms with Crippen LogP contribution in [0, 0.1) is 13.8 Å². The molecular weight excluding hydrogens is 278 g/mol. The minimum atomic E-state index is -0.602. The van der Waals surface area contributed by atoms with Crippen LogP contribution in [-0.2, 0) is 9.59 Å². The molecule has 22 heavy (non-hydrogen) atoms. The molecule has 1 aromatic rings. The molecule has 120 valence electrons. The van der Waals surface area contributed by atoms with Crippen LogP contribution in [0.2, 0.25) is 0 Å². The number of hydrogen-bond acceptors (Lipinski definition) is 3. The molecule has 0 aromatic heterocycles. The van der Waals surface area contributed by atoms with Gasteiger partial charge in [-0.3, -0.25) is 14.5 Å². The van der Waals surface area contributed by atoms with Crippen LogP contribution in [0.5, 0.6) is 0 Å². The molecule has 2 N–H and O–H groups in total. The number of nitrogens with zero attached hydrogens (tertiary/aromatic N) is 1. The molecule has 1 aliphatic rings. The van der Waals surface area contributed by atoms with E-state index < -0.39 is 11.8 Å². The van der Waals surface area contributed by atoms with E-state index in [1.54, 1.807) is 0 Å². The normalized spacial score (nSPS) is 18.2. The molecular formula is C17H25N3O2. The zero-order valence-electron chi connectivity index (χ0n) is 13.6. The van der Waals surface area contributed by atoms with Gasteiger partial charge in [0.05, 0.1) is 0 Å². The summed E-state index contributed by atoms with van der Waals surface area (Å²) in [4.78, 5) is 26.3. The summed E-state index contributed by atoms with van der Waals surface area (Å²) < 4.78 is 0. The average Bonchev–Trinajstić information content (AvgIpc) is 2.95. The molecule has 1 fully saturated rings. The van der Waals surface area contributed by atoms with Crippen molar-refractivity contribution in [2.45, 2.75) is 39.7 Å².